The summed E-state index contributed by atoms with van der Waals surface area (Å²) < 4.78 is 1.61. The van der Waals surface area contributed by atoms with E-state index in [0.717, 1.165) is 22.4 Å². The van der Waals surface area contributed by atoms with Crippen LogP contribution in [0.2, 0.25) is 0 Å². The van der Waals surface area contributed by atoms with Crippen molar-refractivity contribution < 1.29 is 0 Å². The van der Waals surface area contributed by atoms with Crippen molar-refractivity contribution in [3.8, 4) is 0 Å². The predicted molar refractivity (Wildman–Crippen MR) is 71.4 cm³/mol. The molecule has 0 spiro atoms. The minimum atomic E-state index is -0.0233. The Bertz CT molecular complexity index is 617. The summed E-state index contributed by atoms with van der Waals surface area (Å²) in [5.74, 6) is 0. The van der Waals surface area contributed by atoms with E-state index in [9.17, 15) is 4.79 Å². The topological polar surface area (TPSA) is 60.9 Å². The lowest BCUT2D eigenvalue weighted by atomic mass is 10.1. The van der Waals surface area contributed by atoms with Gasteiger partial charge in [-0.3, -0.25) is 9.36 Å². The highest BCUT2D eigenvalue weighted by atomic mass is 16.1. The van der Waals surface area contributed by atoms with Gasteiger partial charge in [0.05, 0.1) is 12.9 Å². The van der Waals surface area contributed by atoms with Gasteiger partial charge in [-0.25, -0.2) is 4.98 Å². The molecule has 2 N–H and O–H groups in total. The van der Waals surface area contributed by atoms with Crippen LogP contribution in [-0.4, -0.2) is 9.55 Å². The smallest absolute Gasteiger partial charge is 0.253 e. The summed E-state index contributed by atoms with van der Waals surface area (Å²) in [5.41, 5.74) is 9.67. The molecule has 0 aliphatic carbocycles. The Labute approximate surface area is 106 Å². The van der Waals surface area contributed by atoms with E-state index in [1.807, 2.05) is 26.0 Å². The maximum absolute atomic E-state index is 11.8. The summed E-state index contributed by atoms with van der Waals surface area (Å²) in [7, 11) is 0. The molecule has 4 nitrogen and oxygen atoms in total. The molecule has 0 atom stereocenters. The molecule has 0 fully saturated rings. The fraction of sp³-hybridized carbons (Fsp3) is 0.286. The molecule has 0 aliphatic rings. The van der Waals surface area contributed by atoms with E-state index >= 15 is 0 Å². The average Bonchev–Trinajstić information content (AvgIpc) is 2.34. The van der Waals surface area contributed by atoms with Crippen LogP contribution >= 0.6 is 0 Å². The van der Waals surface area contributed by atoms with Crippen molar-refractivity contribution in [2.75, 3.05) is 0 Å². The maximum Gasteiger partial charge on any atom is 0.253 e. The zero-order chi connectivity index (χ0) is 13.1. The van der Waals surface area contributed by atoms with Gasteiger partial charge >= 0.3 is 0 Å². The van der Waals surface area contributed by atoms with Crippen LogP contribution in [0, 0.1) is 13.8 Å². The SMILES string of the molecule is Cc1cc(=O)n(Cc2ccc(CN)cc2C)cn1. The van der Waals surface area contributed by atoms with Crippen molar-refractivity contribution in [3.05, 3.63) is 63.3 Å². The Morgan fingerprint density at radius 1 is 1.28 bits per heavy atom. The van der Waals surface area contributed by atoms with Gasteiger partial charge in [0.15, 0.2) is 0 Å². The number of aryl methyl sites for hydroxylation is 2. The highest BCUT2D eigenvalue weighted by molar-refractivity contribution is 5.31. The Morgan fingerprint density at radius 2 is 2.06 bits per heavy atom. The van der Waals surface area contributed by atoms with Crippen molar-refractivity contribution in [2.45, 2.75) is 26.9 Å². The van der Waals surface area contributed by atoms with Crippen LogP contribution in [0.15, 0.2) is 35.4 Å². The van der Waals surface area contributed by atoms with Gasteiger partial charge in [0.25, 0.3) is 5.56 Å². The van der Waals surface area contributed by atoms with Crippen LogP contribution in [0.25, 0.3) is 0 Å². The Kier molecular flexibility index (Phi) is 3.58. The summed E-state index contributed by atoms with van der Waals surface area (Å²) in [6, 6.07) is 7.62. The first-order chi connectivity index (χ1) is 8.60. The van der Waals surface area contributed by atoms with E-state index in [2.05, 4.69) is 11.1 Å². The summed E-state index contributed by atoms with van der Waals surface area (Å²) in [4.78, 5) is 15.9. The molecule has 0 unspecified atom stereocenters. The lowest BCUT2D eigenvalue weighted by molar-refractivity contribution is 0.726. The quantitative estimate of drug-likeness (QED) is 0.885. The first kappa shape index (κ1) is 12.5. The van der Waals surface area contributed by atoms with Crippen molar-refractivity contribution in [3.63, 3.8) is 0 Å². The zero-order valence-electron chi connectivity index (χ0n) is 10.7. The number of rotatable bonds is 3. The number of benzene rings is 1. The molecule has 0 saturated carbocycles. The second-order valence-corrected chi connectivity index (χ2v) is 4.46. The summed E-state index contributed by atoms with van der Waals surface area (Å²) in [5, 5.41) is 0. The minimum Gasteiger partial charge on any atom is -0.326 e. The molecule has 0 aliphatic heterocycles. The molecule has 0 saturated heterocycles. The Hall–Kier alpha value is -1.94. The lowest BCUT2D eigenvalue weighted by Gasteiger charge is -2.09. The van der Waals surface area contributed by atoms with Crippen molar-refractivity contribution in [2.24, 2.45) is 5.73 Å². The third-order valence-corrected chi connectivity index (χ3v) is 3.00. The molecule has 94 valence electrons. The second-order valence-electron chi connectivity index (χ2n) is 4.46. The molecule has 4 heteroatoms. The van der Waals surface area contributed by atoms with E-state index in [-0.39, 0.29) is 5.56 Å². The van der Waals surface area contributed by atoms with Gasteiger partial charge < -0.3 is 5.73 Å². The highest BCUT2D eigenvalue weighted by Gasteiger charge is 2.03. The van der Waals surface area contributed by atoms with Crippen LogP contribution in [0.4, 0.5) is 0 Å². The minimum absolute atomic E-state index is 0.0233. The van der Waals surface area contributed by atoms with Gasteiger partial charge in [0.2, 0.25) is 0 Å². The van der Waals surface area contributed by atoms with Gasteiger partial charge in [0.1, 0.15) is 0 Å². The van der Waals surface area contributed by atoms with Crippen molar-refractivity contribution >= 4 is 0 Å². The number of hydrogen-bond acceptors (Lipinski definition) is 3. The zero-order valence-corrected chi connectivity index (χ0v) is 10.7. The molecule has 18 heavy (non-hydrogen) atoms. The van der Waals surface area contributed by atoms with Crippen LogP contribution in [0.5, 0.6) is 0 Å². The van der Waals surface area contributed by atoms with Crippen molar-refractivity contribution in [1.82, 2.24) is 9.55 Å². The van der Waals surface area contributed by atoms with Crippen LogP contribution in [-0.2, 0) is 13.1 Å². The van der Waals surface area contributed by atoms with Crippen LogP contribution in [0.3, 0.4) is 0 Å². The fourth-order valence-corrected chi connectivity index (χ4v) is 1.88. The molecule has 1 aromatic heterocycles. The Morgan fingerprint density at radius 3 is 2.67 bits per heavy atom. The van der Waals surface area contributed by atoms with E-state index in [1.165, 1.54) is 0 Å². The van der Waals surface area contributed by atoms with E-state index in [1.54, 1.807) is 17.0 Å². The molecule has 2 rings (SSSR count). The lowest BCUT2D eigenvalue weighted by Crippen LogP contribution is -2.21. The van der Waals surface area contributed by atoms with Crippen molar-refractivity contribution in [1.29, 1.82) is 0 Å². The van der Waals surface area contributed by atoms with Gasteiger partial charge in [-0.15, -0.1) is 0 Å². The molecule has 0 bridgehead atoms. The van der Waals surface area contributed by atoms with Crippen LogP contribution < -0.4 is 11.3 Å². The number of nitrogens with two attached hydrogens (primary N) is 1. The maximum atomic E-state index is 11.8. The van der Waals surface area contributed by atoms with Gasteiger partial charge in [-0.2, -0.15) is 0 Å². The molecule has 1 heterocycles. The molecule has 0 radical (unpaired) electrons. The first-order valence-electron chi connectivity index (χ1n) is 5.91. The second kappa shape index (κ2) is 5.14. The third-order valence-electron chi connectivity index (χ3n) is 3.00. The molecule has 1 aromatic carbocycles. The van der Waals surface area contributed by atoms with E-state index in [0.29, 0.717) is 13.1 Å². The van der Waals surface area contributed by atoms with Gasteiger partial charge in [-0.05, 0) is 30.5 Å². The Balaban J connectivity index is 2.31. The normalized spacial score (nSPS) is 10.6. The molecule has 2 aromatic rings. The molecular formula is C14H17N3O. The largest absolute Gasteiger partial charge is 0.326 e. The van der Waals surface area contributed by atoms with Gasteiger partial charge in [-0.1, -0.05) is 18.2 Å². The van der Waals surface area contributed by atoms with E-state index in [4.69, 9.17) is 5.73 Å². The fourth-order valence-electron chi connectivity index (χ4n) is 1.88. The first-order valence-corrected chi connectivity index (χ1v) is 5.91. The monoisotopic (exact) mass is 243 g/mol. The average molecular weight is 243 g/mol. The summed E-state index contributed by atoms with van der Waals surface area (Å²) in [6.07, 6.45) is 1.59. The van der Waals surface area contributed by atoms with Crippen LogP contribution in [0.1, 0.15) is 22.4 Å². The summed E-state index contributed by atoms with van der Waals surface area (Å²) in [6.45, 7) is 4.92. The molecule has 0 amide bonds. The number of aromatic nitrogens is 2. The highest BCUT2D eigenvalue weighted by Crippen LogP contribution is 2.11. The predicted octanol–water partition coefficient (Wildman–Crippen LogP) is 1.37. The summed E-state index contributed by atoms with van der Waals surface area (Å²) >= 11 is 0. The third kappa shape index (κ3) is 2.65. The standard InChI is InChI=1S/C14H17N3O/c1-10-5-12(7-15)3-4-13(10)8-17-9-16-11(2)6-14(17)18/h3-6,9H,7-8,15H2,1-2H3. The van der Waals surface area contributed by atoms with Gasteiger partial charge in [0, 0.05) is 18.3 Å². The molecular weight excluding hydrogens is 226 g/mol. The number of hydrogen-bond donors (Lipinski definition) is 1. The number of nitrogens with zero attached hydrogens (tertiary/aromatic N) is 2. The van der Waals surface area contributed by atoms with E-state index < -0.39 is 0 Å².